The van der Waals surface area contributed by atoms with Gasteiger partial charge >= 0.3 is 0 Å². The zero-order valence-corrected chi connectivity index (χ0v) is 12.6. The van der Waals surface area contributed by atoms with Crippen molar-refractivity contribution in [3.8, 4) is 11.3 Å². The van der Waals surface area contributed by atoms with E-state index in [1.54, 1.807) is 12.1 Å². The molecule has 0 spiro atoms. The third-order valence-corrected chi connectivity index (χ3v) is 3.81. The molecule has 0 amide bonds. The number of nitrogen functional groups attached to an aromatic ring is 1. The third-order valence-electron chi connectivity index (χ3n) is 3.07. The van der Waals surface area contributed by atoms with Gasteiger partial charge in [0.15, 0.2) is 0 Å². The van der Waals surface area contributed by atoms with Gasteiger partial charge in [-0.25, -0.2) is 4.98 Å². The fourth-order valence-electron chi connectivity index (χ4n) is 2.14. The van der Waals surface area contributed by atoms with Crippen molar-refractivity contribution < 1.29 is 0 Å². The van der Waals surface area contributed by atoms with Crippen LogP contribution in [0.4, 0.5) is 5.82 Å². The molecule has 2 aromatic rings. The lowest BCUT2D eigenvalue weighted by Crippen LogP contribution is -2.05. The number of halogens is 2. The number of nitrogens with zero attached hydrogens (tertiary/aromatic N) is 2. The van der Waals surface area contributed by atoms with E-state index in [4.69, 9.17) is 28.9 Å². The molecule has 0 aliphatic heterocycles. The maximum Gasteiger partial charge on any atom is 0.131 e. The van der Waals surface area contributed by atoms with Gasteiger partial charge in [-0.3, -0.25) is 0 Å². The summed E-state index contributed by atoms with van der Waals surface area (Å²) in [5, 5.41) is 1.05. The summed E-state index contributed by atoms with van der Waals surface area (Å²) in [6, 6.07) is 5.46. The third kappa shape index (κ3) is 2.72. The lowest BCUT2D eigenvalue weighted by molar-refractivity contribution is 0.690. The molecule has 3 nitrogen and oxygen atoms in total. The molecule has 0 saturated heterocycles. The van der Waals surface area contributed by atoms with Gasteiger partial charge in [-0.2, -0.15) is 0 Å². The predicted octanol–water partition coefficient (Wildman–Crippen LogP) is 4.41. The van der Waals surface area contributed by atoms with Crippen LogP contribution in [0.1, 0.15) is 26.1 Å². The minimum absolute atomic E-state index is 0.515. The van der Waals surface area contributed by atoms with E-state index in [-0.39, 0.29) is 0 Å². The molecule has 0 bridgehead atoms. The van der Waals surface area contributed by atoms with Gasteiger partial charge in [0, 0.05) is 18.5 Å². The van der Waals surface area contributed by atoms with Crippen molar-refractivity contribution in [2.24, 2.45) is 0 Å². The van der Waals surface area contributed by atoms with Crippen LogP contribution in [0.15, 0.2) is 18.2 Å². The number of rotatable bonds is 4. The molecule has 2 N–H and O–H groups in total. The van der Waals surface area contributed by atoms with Gasteiger partial charge in [0.1, 0.15) is 17.3 Å². The first kappa shape index (κ1) is 14.2. The first-order valence-corrected chi connectivity index (χ1v) is 7.14. The van der Waals surface area contributed by atoms with E-state index in [1.165, 1.54) is 0 Å². The van der Waals surface area contributed by atoms with E-state index in [0.717, 1.165) is 36.5 Å². The minimum Gasteiger partial charge on any atom is -0.383 e. The predicted molar refractivity (Wildman–Crippen MR) is 81.8 cm³/mol. The average molecular weight is 298 g/mol. The van der Waals surface area contributed by atoms with E-state index >= 15 is 0 Å². The molecular formula is C14H17Cl2N3. The highest BCUT2D eigenvalue weighted by molar-refractivity contribution is 6.42. The van der Waals surface area contributed by atoms with Gasteiger partial charge in [-0.15, -0.1) is 0 Å². The van der Waals surface area contributed by atoms with Gasteiger partial charge in [0.05, 0.1) is 10.0 Å². The molecule has 2 rings (SSSR count). The van der Waals surface area contributed by atoms with Crippen molar-refractivity contribution >= 4 is 29.0 Å². The van der Waals surface area contributed by atoms with Crippen LogP contribution in [0.3, 0.4) is 0 Å². The summed E-state index contributed by atoms with van der Waals surface area (Å²) in [5.74, 6) is 1.70. The monoisotopic (exact) mass is 297 g/mol. The topological polar surface area (TPSA) is 43.8 Å². The van der Waals surface area contributed by atoms with Gasteiger partial charge < -0.3 is 10.3 Å². The Morgan fingerprint density at radius 2 is 1.95 bits per heavy atom. The number of nitrogens with two attached hydrogens (primary N) is 1. The van der Waals surface area contributed by atoms with Crippen LogP contribution in [0.2, 0.25) is 10.0 Å². The Labute approximate surface area is 123 Å². The summed E-state index contributed by atoms with van der Waals surface area (Å²) in [4.78, 5) is 4.65. The van der Waals surface area contributed by atoms with Crippen molar-refractivity contribution in [3.05, 3.63) is 34.1 Å². The normalized spacial score (nSPS) is 10.9. The lowest BCUT2D eigenvalue weighted by Gasteiger charge is -2.05. The number of benzene rings is 1. The molecule has 102 valence electrons. The van der Waals surface area contributed by atoms with Gasteiger partial charge in [-0.05, 0) is 25.5 Å². The Morgan fingerprint density at radius 3 is 2.53 bits per heavy atom. The molecule has 1 aromatic heterocycles. The maximum absolute atomic E-state index is 6.19. The molecular weight excluding hydrogens is 281 g/mol. The number of imidazole rings is 1. The van der Waals surface area contributed by atoms with Crippen molar-refractivity contribution in [1.82, 2.24) is 9.55 Å². The van der Waals surface area contributed by atoms with Crippen LogP contribution in [0.5, 0.6) is 0 Å². The van der Waals surface area contributed by atoms with Gasteiger partial charge in [-0.1, -0.05) is 36.2 Å². The summed E-state index contributed by atoms with van der Waals surface area (Å²) < 4.78 is 2.04. The van der Waals surface area contributed by atoms with Crippen LogP contribution >= 0.6 is 23.2 Å². The lowest BCUT2D eigenvalue weighted by atomic mass is 10.1. The number of aromatic nitrogens is 2. The summed E-state index contributed by atoms with van der Waals surface area (Å²) in [5.41, 5.74) is 7.87. The van der Waals surface area contributed by atoms with Crippen LogP contribution in [-0.2, 0) is 13.0 Å². The van der Waals surface area contributed by atoms with Gasteiger partial charge in [0.2, 0.25) is 0 Å². The molecule has 1 aromatic carbocycles. The summed E-state index contributed by atoms with van der Waals surface area (Å²) in [6.45, 7) is 5.01. The largest absolute Gasteiger partial charge is 0.383 e. The SMILES string of the molecule is CCCc1nc(-c2ccc(Cl)c(Cl)c2)c(N)n1CC. The minimum atomic E-state index is 0.515. The molecule has 19 heavy (non-hydrogen) atoms. The fraction of sp³-hybridized carbons (Fsp3) is 0.357. The van der Waals surface area contributed by atoms with E-state index in [2.05, 4.69) is 18.8 Å². The van der Waals surface area contributed by atoms with Crippen molar-refractivity contribution in [3.63, 3.8) is 0 Å². The number of hydrogen-bond donors (Lipinski definition) is 1. The zero-order valence-electron chi connectivity index (χ0n) is 11.1. The van der Waals surface area contributed by atoms with Crippen molar-refractivity contribution in [1.29, 1.82) is 0 Å². The van der Waals surface area contributed by atoms with Crippen molar-refractivity contribution in [2.75, 3.05) is 5.73 Å². The smallest absolute Gasteiger partial charge is 0.131 e. The molecule has 0 saturated carbocycles. The van der Waals surface area contributed by atoms with E-state index in [9.17, 15) is 0 Å². The Balaban J connectivity index is 2.52. The first-order valence-electron chi connectivity index (χ1n) is 6.38. The standard InChI is InChI=1S/C14H17Cl2N3/c1-3-5-12-18-13(14(17)19(12)4-2)9-6-7-10(15)11(16)8-9/h6-8H,3-5,17H2,1-2H3. The number of hydrogen-bond acceptors (Lipinski definition) is 2. The molecule has 5 heteroatoms. The first-order chi connectivity index (χ1) is 9.08. The molecule has 0 aliphatic rings. The highest BCUT2D eigenvalue weighted by atomic mass is 35.5. The number of anilines is 1. The number of aryl methyl sites for hydroxylation is 1. The van der Waals surface area contributed by atoms with Crippen LogP contribution in [0.25, 0.3) is 11.3 Å². The molecule has 1 heterocycles. The molecule has 0 unspecified atom stereocenters. The Hall–Kier alpha value is -1.19. The second kappa shape index (κ2) is 5.85. The molecule has 0 fully saturated rings. The molecule has 0 aliphatic carbocycles. The highest BCUT2D eigenvalue weighted by Gasteiger charge is 2.15. The molecule has 0 radical (unpaired) electrons. The zero-order chi connectivity index (χ0) is 14.0. The Bertz CT molecular complexity index is 591. The van der Waals surface area contributed by atoms with Crippen LogP contribution < -0.4 is 5.73 Å². The highest BCUT2D eigenvalue weighted by Crippen LogP contribution is 2.31. The van der Waals surface area contributed by atoms with Crippen LogP contribution in [0, 0.1) is 0 Å². The second-order valence-electron chi connectivity index (χ2n) is 4.39. The summed E-state index contributed by atoms with van der Waals surface area (Å²) in [7, 11) is 0. The quantitative estimate of drug-likeness (QED) is 0.908. The van der Waals surface area contributed by atoms with E-state index in [1.807, 2.05) is 10.6 Å². The van der Waals surface area contributed by atoms with Crippen LogP contribution in [-0.4, -0.2) is 9.55 Å². The van der Waals surface area contributed by atoms with E-state index < -0.39 is 0 Å². The van der Waals surface area contributed by atoms with Gasteiger partial charge in [0.25, 0.3) is 0 Å². The average Bonchev–Trinajstić information content (AvgIpc) is 2.70. The maximum atomic E-state index is 6.19. The van der Waals surface area contributed by atoms with Crippen molar-refractivity contribution in [2.45, 2.75) is 33.2 Å². The summed E-state index contributed by atoms with van der Waals surface area (Å²) in [6.07, 6.45) is 1.95. The fourth-order valence-corrected chi connectivity index (χ4v) is 2.43. The Kier molecular flexibility index (Phi) is 4.38. The van der Waals surface area contributed by atoms with E-state index in [0.29, 0.717) is 15.9 Å². The molecule has 0 atom stereocenters. The Morgan fingerprint density at radius 1 is 1.21 bits per heavy atom. The second-order valence-corrected chi connectivity index (χ2v) is 5.20. The summed E-state index contributed by atoms with van der Waals surface area (Å²) >= 11 is 12.0.